The van der Waals surface area contributed by atoms with Gasteiger partial charge in [0.2, 0.25) is 0 Å². The van der Waals surface area contributed by atoms with E-state index in [9.17, 15) is 18.0 Å². The van der Waals surface area contributed by atoms with Crippen molar-refractivity contribution in [2.24, 2.45) is 12.8 Å². The van der Waals surface area contributed by atoms with E-state index >= 15 is 0 Å². The number of rotatable bonds is 4. The van der Waals surface area contributed by atoms with Crippen LogP contribution in [0.25, 0.3) is 10.6 Å². The van der Waals surface area contributed by atoms with Crippen LogP contribution in [0.1, 0.15) is 35.1 Å². The van der Waals surface area contributed by atoms with Gasteiger partial charge in [-0.2, -0.15) is 5.10 Å². The summed E-state index contributed by atoms with van der Waals surface area (Å²) in [5.74, 6) is -2.30. The predicted molar refractivity (Wildman–Crippen MR) is 114 cm³/mol. The van der Waals surface area contributed by atoms with Gasteiger partial charge < -0.3 is 21.5 Å². The van der Waals surface area contributed by atoms with Gasteiger partial charge in [-0.25, -0.2) is 18.2 Å². The first kappa shape index (κ1) is 22.2. The molecule has 0 saturated carbocycles. The molecule has 0 unspecified atom stereocenters. The molecule has 0 bridgehead atoms. The van der Waals surface area contributed by atoms with Gasteiger partial charge in [0.25, 0.3) is 5.91 Å². The first-order chi connectivity index (χ1) is 15.3. The van der Waals surface area contributed by atoms with E-state index in [0.717, 1.165) is 23.5 Å². The molecule has 170 valence electrons. The summed E-state index contributed by atoms with van der Waals surface area (Å²) < 4.78 is 49.3. The number of benzene rings is 1. The third kappa shape index (κ3) is 4.20. The standard InChI is InChI=1S/C20H21F3N6O2S/c1-29-17(14-6-5-12(24)11(23)8-31-14)13(7-26-29)27-19(30)16-18(25)32-20(28-16)15-9(21)3-2-4-10(15)22/h2-4,7,11-12,14H,5-6,8,24-25H2,1H3,(H,27,30)/t11-,12-,14+/m0/s1. The molecule has 1 fully saturated rings. The van der Waals surface area contributed by atoms with E-state index in [-0.39, 0.29) is 27.9 Å². The Labute approximate surface area is 185 Å². The Bertz CT molecular complexity index is 1120. The summed E-state index contributed by atoms with van der Waals surface area (Å²) in [6.07, 6.45) is 0.466. The van der Waals surface area contributed by atoms with Crippen LogP contribution in [-0.4, -0.2) is 39.5 Å². The van der Waals surface area contributed by atoms with E-state index in [1.165, 1.54) is 16.9 Å². The van der Waals surface area contributed by atoms with E-state index in [1.807, 2.05) is 0 Å². The van der Waals surface area contributed by atoms with Crippen molar-refractivity contribution in [3.8, 4) is 10.6 Å². The molecule has 4 rings (SSSR count). The number of aromatic nitrogens is 3. The lowest BCUT2D eigenvalue weighted by Gasteiger charge is -2.17. The average molecular weight is 466 g/mol. The molecule has 1 aromatic carbocycles. The molecule has 3 aromatic rings. The molecule has 1 amide bonds. The lowest BCUT2D eigenvalue weighted by Crippen LogP contribution is -2.32. The van der Waals surface area contributed by atoms with Gasteiger partial charge >= 0.3 is 0 Å². The maximum Gasteiger partial charge on any atom is 0.277 e. The van der Waals surface area contributed by atoms with Crippen LogP contribution in [-0.2, 0) is 11.8 Å². The topological polar surface area (TPSA) is 121 Å². The maximum absolute atomic E-state index is 14.1. The predicted octanol–water partition coefficient (Wildman–Crippen LogP) is 3.17. The molecule has 12 heteroatoms. The molecular formula is C20H21F3N6O2S. The van der Waals surface area contributed by atoms with Gasteiger partial charge in [-0.3, -0.25) is 9.48 Å². The average Bonchev–Trinajstić information content (AvgIpc) is 3.25. The van der Waals surface area contributed by atoms with Crippen molar-refractivity contribution < 1.29 is 22.7 Å². The molecule has 8 nitrogen and oxygen atoms in total. The Kier molecular flexibility index (Phi) is 6.17. The first-order valence-corrected chi connectivity index (χ1v) is 10.6. The highest BCUT2D eigenvalue weighted by Gasteiger charge is 2.30. The van der Waals surface area contributed by atoms with E-state index in [1.54, 1.807) is 7.05 Å². The fraction of sp³-hybridized carbons (Fsp3) is 0.350. The van der Waals surface area contributed by atoms with Gasteiger partial charge in [0, 0.05) is 13.1 Å². The van der Waals surface area contributed by atoms with Gasteiger partial charge in [0.15, 0.2) is 5.69 Å². The van der Waals surface area contributed by atoms with Crippen molar-refractivity contribution in [2.75, 3.05) is 17.7 Å². The molecular weight excluding hydrogens is 445 g/mol. The number of alkyl halides is 1. The third-order valence-corrected chi connectivity index (χ3v) is 6.17. The molecule has 32 heavy (non-hydrogen) atoms. The number of nitrogens with one attached hydrogen (secondary N) is 1. The van der Waals surface area contributed by atoms with Gasteiger partial charge in [0.1, 0.15) is 33.9 Å². The van der Waals surface area contributed by atoms with Crippen molar-refractivity contribution in [3.63, 3.8) is 0 Å². The smallest absolute Gasteiger partial charge is 0.277 e. The third-order valence-electron chi connectivity index (χ3n) is 5.27. The summed E-state index contributed by atoms with van der Waals surface area (Å²) in [7, 11) is 1.67. The van der Waals surface area contributed by atoms with E-state index < -0.39 is 35.9 Å². The maximum atomic E-state index is 14.1. The highest BCUT2D eigenvalue weighted by atomic mass is 32.1. The van der Waals surface area contributed by atoms with Crippen LogP contribution in [0.3, 0.4) is 0 Å². The molecule has 5 N–H and O–H groups in total. The fourth-order valence-electron chi connectivity index (χ4n) is 3.57. The molecule has 2 aromatic heterocycles. The summed E-state index contributed by atoms with van der Waals surface area (Å²) in [6.45, 7) is -0.166. The number of nitrogen functional groups attached to an aromatic ring is 1. The number of amides is 1. The molecule has 1 saturated heterocycles. The Morgan fingerprint density at radius 3 is 2.75 bits per heavy atom. The Morgan fingerprint density at radius 1 is 1.31 bits per heavy atom. The van der Waals surface area contributed by atoms with Crippen molar-refractivity contribution >= 4 is 27.9 Å². The normalized spacial score (nSPS) is 21.3. The molecule has 3 atom stereocenters. The van der Waals surface area contributed by atoms with Crippen LogP contribution in [0, 0.1) is 11.6 Å². The number of hydrogen-bond donors (Lipinski definition) is 3. The second-order valence-electron chi connectivity index (χ2n) is 7.43. The van der Waals surface area contributed by atoms with Crippen LogP contribution in [0.2, 0.25) is 0 Å². The van der Waals surface area contributed by atoms with Crippen LogP contribution in [0.15, 0.2) is 24.4 Å². The molecule has 0 spiro atoms. The summed E-state index contributed by atoms with van der Waals surface area (Å²) in [6, 6.07) is 2.80. The second kappa shape index (κ2) is 8.88. The zero-order valence-electron chi connectivity index (χ0n) is 17.0. The molecule has 0 aliphatic carbocycles. The van der Waals surface area contributed by atoms with Crippen LogP contribution >= 0.6 is 11.3 Å². The van der Waals surface area contributed by atoms with Gasteiger partial charge in [-0.05, 0) is 25.0 Å². The second-order valence-corrected chi connectivity index (χ2v) is 8.46. The number of carbonyl (C=O) groups is 1. The number of ether oxygens (including phenoxy) is 1. The van der Waals surface area contributed by atoms with Gasteiger partial charge in [-0.1, -0.05) is 17.4 Å². The number of thiazole rings is 1. The largest absolute Gasteiger partial charge is 0.389 e. The number of aryl methyl sites for hydroxylation is 1. The zero-order chi connectivity index (χ0) is 23.0. The van der Waals surface area contributed by atoms with Gasteiger partial charge in [-0.15, -0.1) is 0 Å². The molecule has 0 radical (unpaired) electrons. The molecule has 1 aliphatic rings. The number of anilines is 2. The SMILES string of the molecule is Cn1ncc(NC(=O)c2nc(-c3c(F)cccc3F)sc2N)c1[C@H]1CC[C@H](N)[C@@H](F)CO1. The number of hydrogen-bond acceptors (Lipinski definition) is 7. The summed E-state index contributed by atoms with van der Waals surface area (Å²) in [5.41, 5.74) is 12.1. The number of halogens is 3. The lowest BCUT2D eigenvalue weighted by atomic mass is 10.0. The van der Waals surface area contributed by atoms with Crippen molar-refractivity contribution in [2.45, 2.75) is 31.2 Å². The fourth-order valence-corrected chi connectivity index (χ4v) is 4.44. The van der Waals surface area contributed by atoms with E-state index in [4.69, 9.17) is 16.2 Å². The first-order valence-electron chi connectivity index (χ1n) is 9.81. The minimum atomic E-state index is -1.28. The zero-order valence-corrected chi connectivity index (χ0v) is 17.8. The van der Waals surface area contributed by atoms with Crippen molar-refractivity contribution in [3.05, 3.63) is 47.4 Å². The summed E-state index contributed by atoms with van der Waals surface area (Å²) >= 11 is 0.800. The minimum absolute atomic E-state index is 0.00237. The quantitative estimate of drug-likeness (QED) is 0.543. The number of carbonyl (C=O) groups excluding carboxylic acids is 1. The Morgan fingerprint density at radius 2 is 2.03 bits per heavy atom. The van der Waals surface area contributed by atoms with E-state index in [0.29, 0.717) is 24.2 Å². The highest BCUT2D eigenvalue weighted by molar-refractivity contribution is 7.19. The number of nitrogens with two attached hydrogens (primary N) is 2. The van der Waals surface area contributed by atoms with Crippen molar-refractivity contribution in [1.82, 2.24) is 14.8 Å². The van der Waals surface area contributed by atoms with Crippen LogP contribution in [0.5, 0.6) is 0 Å². The Balaban J connectivity index is 1.59. The monoisotopic (exact) mass is 466 g/mol. The molecule has 1 aliphatic heterocycles. The van der Waals surface area contributed by atoms with E-state index in [2.05, 4.69) is 15.4 Å². The lowest BCUT2D eigenvalue weighted by molar-refractivity contribution is 0.0247. The Hall–Kier alpha value is -2.96. The highest BCUT2D eigenvalue weighted by Crippen LogP contribution is 2.35. The number of nitrogens with zero attached hydrogens (tertiary/aromatic N) is 3. The van der Waals surface area contributed by atoms with Crippen LogP contribution < -0.4 is 16.8 Å². The minimum Gasteiger partial charge on any atom is -0.389 e. The molecule has 3 heterocycles. The van der Waals surface area contributed by atoms with Crippen LogP contribution in [0.4, 0.5) is 23.9 Å². The summed E-state index contributed by atoms with van der Waals surface area (Å²) in [5, 5.41) is 6.78. The van der Waals surface area contributed by atoms with Gasteiger partial charge in [0.05, 0.1) is 29.7 Å². The summed E-state index contributed by atoms with van der Waals surface area (Å²) in [4.78, 5) is 16.9. The van der Waals surface area contributed by atoms with Crippen molar-refractivity contribution in [1.29, 1.82) is 0 Å².